The first kappa shape index (κ1) is 13.7. The van der Waals surface area contributed by atoms with Crippen molar-refractivity contribution in [1.29, 1.82) is 0 Å². The van der Waals surface area contributed by atoms with E-state index in [1.807, 2.05) is 6.92 Å². The number of methoxy groups -OCH3 is 1. The number of nitrogens with one attached hydrogen (secondary N) is 1. The molecule has 0 radical (unpaired) electrons. The van der Waals surface area contributed by atoms with Crippen molar-refractivity contribution in [3.05, 3.63) is 23.8 Å². The number of rotatable bonds is 3. The molecule has 2 rings (SSSR count). The zero-order valence-corrected chi connectivity index (χ0v) is 11.4. The second-order valence-corrected chi connectivity index (χ2v) is 5.09. The highest BCUT2D eigenvalue weighted by atomic mass is 16.5. The van der Waals surface area contributed by atoms with Crippen molar-refractivity contribution in [3.63, 3.8) is 0 Å². The van der Waals surface area contributed by atoms with Gasteiger partial charge in [0.2, 0.25) is 0 Å². The molecule has 1 aromatic rings. The van der Waals surface area contributed by atoms with E-state index in [1.54, 1.807) is 25.3 Å². The van der Waals surface area contributed by atoms with Crippen LogP contribution in [-0.4, -0.2) is 31.8 Å². The Morgan fingerprint density at radius 3 is 2.74 bits per heavy atom. The molecule has 0 saturated carbocycles. The summed E-state index contributed by atoms with van der Waals surface area (Å²) in [5.41, 5.74) is 6.51. The van der Waals surface area contributed by atoms with E-state index >= 15 is 0 Å². The maximum Gasteiger partial charge on any atom is 0.255 e. The summed E-state index contributed by atoms with van der Waals surface area (Å²) in [5.74, 6) is 0.371. The van der Waals surface area contributed by atoms with Gasteiger partial charge in [0.25, 0.3) is 5.91 Å². The van der Waals surface area contributed by atoms with Crippen molar-refractivity contribution in [2.24, 2.45) is 0 Å². The Balaban J connectivity index is 2.17. The van der Waals surface area contributed by atoms with Crippen LogP contribution in [0.25, 0.3) is 0 Å². The topological polar surface area (TPSA) is 73.6 Å². The van der Waals surface area contributed by atoms with Crippen LogP contribution in [0.1, 0.15) is 30.1 Å². The molecule has 1 aromatic carbocycles. The number of ether oxygens (including phenoxy) is 2. The van der Waals surface area contributed by atoms with Crippen molar-refractivity contribution >= 4 is 11.6 Å². The summed E-state index contributed by atoms with van der Waals surface area (Å²) in [4.78, 5) is 12.4. The predicted molar refractivity (Wildman–Crippen MR) is 73.3 cm³/mol. The first-order valence-electron chi connectivity index (χ1n) is 6.38. The van der Waals surface area contributed by atoms with Crippen LogP contribution >= 0.6 is 0 Å². The Labute approximate surface area is 113 Å². The Morgan fingerprint density at radius 2 is 2.11 bits per heavy atom. The monoisotopic (exact) mass is 264 g/mol. The Kier molecular flexibility index (Phi) is 3.95. The Morgan fingerprint density at radius 1 is 1.42 bits per heavy atom. The van der Waals surface area contributed by atoms with Gasteiger partial charge >= 0.3 is 0 Å². The molecule has 3 N–H and O–H groups in total. The van der Waals surface area contributed by atoms with Crippen LogP contribution in [0.5, 0.6) is 5.75 Å². The number of amides is 1. The van der Waals surface area contributed by atoms with Crippen LogP contribution in [0.15, 0.2) is 18.2 Å². The lowest BCUT2D eigenvalue weighted by Crippen LogP contribution is -2.49. The van der Waals surface area contributed by atoms with Crippen molar-refractivity contribution in [2.45, 2.75) is 25.3 Å². The van der Waals surface area contributed by atoms with Crippen LogP contribution in [0.2, 0.25) is 0 Å². The fourth-order valence-electron chi connectivity index (χ4n) is 2.19. The van der Waals surface area contributed by atoms with Gasteiger partial charge in [-0.05, 0) is 38.0 Å². The SMILES string of the molecule is COc1ccc(N)cc1C(=O)NC1(C)CCOCC1. The summed E-state index contributed by atoms with van der Waals surface area (Å²) in [7, 11) is 1.54. The van der Waals surface area contributed by atoms with Gasteiger partial charge in [-0.1, -0.05) is 0 Å². The molecular weight excluding hydrogens is 244 g/mol. The molecule has 1 aliphatic heterocycles. The highest BCUT2D eigenvalue weighted by Gasteiger charge is 2.30. The lowest BCUT2D eigenvalue weighted by molar-refractivity contribution is 0.0422. The molecule has 0 spiro atoms. The zero-order valence-electron chi connectivity index (χ0n) is 11.4. The average molecular weight is 264 g/mol. The summed E-state index contributed by atoms with van der Waals surface area (Å²) < 4.78 is 10.5. The van der Waals surface area contributed by atoms with E-state index in [0.29, 0.717) is 30.2 Å². The van der Waals surface area contributed by atoms with Crippen molar-refractivity contribution in [2.75, 3.05) is 26.1 Å². The molecule has 0 atom stereocenters. The lowest BCUT2D eigenvalue weighted by atomic mass is 9.92. The third-order valence-corrected chi connectivity index (χ3v) is 3.48. The van der Waals surface area contributed by atoms with Gasteiger partial charge in [0, 0.05) is 24.4 Å². The molecule has 19 heavy (non-hydrogen) atoms. The standard InChI is InChI=1S/C14H20N2O3/c1-14(5-7-19-8-6-14)16-13(17)11-9-10(15)3-4-12(11)18-2/h3-4,9H,5-8,15H2,1-2H3,(H,16,17). The molecule has 5 heteroatoms. The molecule has 1 aliphatic rings. The molecule has 5 nitrogen and oxygen atoms in total. The molecule has 1 fully saturated rings. The van der Waals surface area contributed by atoms with Gasteiger partial charge in [-0.15, -0.1) is 0 Å². The number of benzene rings is 1. The largest absolute Gasteiger partial charge is 0.496 e. The van der Waals surface area contributed by atoms with Crippen LogP contribution in [0, 0.1) is 0 Å². The van der Waals surface area contributed by atoms with Gasteiger partial charge in [0.15, 0.2) is 0 Å². The Hall–Kier alpha value is -1.75. The summed E-state index contributed by atoms with van der Waals surface area (Å²) in [6, 6.07) is 5.05. The third-order valence-electron chi connectivity index (χ3n) is 3.48. The smallest absolute Gasteiger partial charge is 0.255 e. The minimum Gasteiger partial charge on any atom is -0.496 e. The van der Waals surface area contributed by atoms with Gasteiger partial charge in [0.05, 0.1) is 12.7 Å². The number of hydrogen-bond donors (Lipinski definition) is 2. The van der Waals surface area contributed by atoms with E-state index in [1.165, 1.54) is 0 Å². The van der Waals surface area contributed by atoms with E-state index in [4.69, 9.17) is 15.2 Å². The van der Waals surface area contributed by atoms with Crippen molar-refractivity contribution < 1.29 is 14.3 Å². The molecule has 0 aliphatic carbocycles. The van der Waals surface area contributed by atoms with E-state index in [0.717, 1.165) is 12.8 Å². The van der Waals surface area contributed by atoms with Crippen molar-refractivity contribution in [1.82, 2.24) is 5.32 Å². The Bertz CT molecular complexity index is 468. The minimum atomic E-state index is -0.231. The van der Waals surface area contributed by atoms with E-state index < -0.39 is 0 Å². The predicted octanol–water partition coefficient (Wildman–Crippen LogP) is 1.58. The maximum absolute atomic E-state index is 12.4. The fraction of sp³-hybridized carbons (Fsp3) is 0.500. The van der Waals surface area contributed by atoms with Crippen LogP contribution in [0.4, 0.5) is 5.69 Å². The number of nitrogens with two attached hydrogens (primary N) is 1. The molecule has 0 bridgehead atoms. The highest BCUT2D eigenvalue weighted by Crippen LogP contribution is 2.24. The lowest BCUT2D eigenvalue weighted by Gasteiger charge is -2.34. The summed E-state index contributed by atoms with van der Waals surface area (Å²) in [6.07, 6.45) is 1.62. The molecule has 0 aromatic heterocycles. The fourth-order valence-corrected chi connectivity index (χ4v) is 2.19. The zero-order chi connectivity index (χ0) is 13.9. The highest BCUT2D eigenvalue weighted by molar-refractivity contribution is 5.98. The van der Waals surface area contributed by atoms with E-state index in [-0.39, 0.29) is 11.4 Å². The number of hydrogen-bond acceptors (Lipinski definition) is 4. The minimum absolute atomic E-state index is 0.159. The molecule has 1 amide bonds. The van der Waals surface area contributed by atoms with Gasteiger partial charge in [-0.2, -0.15) is 0 Å². The second kappa shape index (κ2) is 5.48. The molecule has 1 saturated heterocycles. The third kappa shape index (κ3) is 3.17. The van der Waals surface area contributed by atoms with Crippen LogP contribution in [-0.2, 0) is 4.74 Å². The van der Waals surface area contributed by atoms with Gasteiger partial charge in [-0.25, -0.2) is 0 Å². The van der Waals surface area contributed by atoms with E-state index in [2.05, 4.69) is 5.32 Å². The van der Waals surface area contributed by atoms with Crippen LogP contribution < -0.4 is 15.8 Å². The summed E-state index contributed by atoms with van der Waals surface area (Å²) in [5, 5.41) is 3.06. The van der Waals surface area contributed by atoms with E-state index in [9.17, 15) is 4.79 Å². The molecular formula is C14H20N2O3. The molecule has 104 valence electrons. The number of carbonyl (C=O) groups excluding carboxylic acids is 1. The van der Waals surface area contributed by atoms with Crippen molar-refractivity contribution in [3.8, 4) is 5.75 Å². The quantitative estimate of drug-likeness (QED) is 0.813. The van der Waals surface area contributed by atoms with Gasteiger partial charge in [-0.3, -0.25) is 4.79 Å². The summed E-state index contributed by atoms with van der Waals surface area (Å²) in [6.45, 7) is 3.38. The first-order chi connectivity index (χ1) is 9.04. The molecule has 0 unspecified atom stereocenters. The summed E-state index contributed by atoms with van der Waals surface area (Å²) >= 11 is 0. The van der Waals surface area contributed by atoms with Crippen LogP contribution in [0.3, 0.4) is 0 Å². The first-order valence-corrected chi connectivity index (χ1v) is 6.38. The number of anilines is 1. The second-order valence-electron chi connectivity index (χ2n) is 5.09. The number of carbonyl (C=O) groups is 1. The number of nitrogen functional groups attached to an aromatic ring is 1. The molecule has 1 heterocycles. The van der Waals surface area contributed by atoms with Gasteiger partial charge in [0.1, 0.15) is 5.75 Å². The maximum atomic E-state index is 12.4. The average Bonchev–Trinajstić information content (AvgIpc) is 2.39. The van der Waals surface area contributed by atoms with Gasteiger partial charge < -0.3 is 20.5 Å². The normalized spacial score (nSPS) is 17.8.